The van der Waals surface area contributed by atoms with Crippen LogP contribution in [0.2, 0.25) is 5.02 Å². The summed E-state index contributed by atoms with van der Waals surface area (Å²) in [6.45, 7) is 0. The molecule has 1 heterocycles. The molecule has 0 unspecified atom stereocenters. The summed E-state index contributed by atoms with van der Waals surface area (Å²) in [5.41, 5.74) is 1.99. The standard InChI is InChI=1S/C18H20ClN3O2/c1-24-17-7-6-14(9-16(17)19)22-18(23)12-8-15(11-20-10-12)21-13-4-2-3-5-13/h6-11,13,21H,2-5H2,1H3,(H,22,23). The Kier molecular flexibility index (Phi) is 5.20. The molecule has 5 nitrogen and oxygen atoms in total. The van der Waals surface area contributed by atoms with Gasteiger partial charge in [0.05, 0.1) is 23.4 Å². The van der Waals surface area contributed by atoms with Gasteiger partial charge in [0.2, 0.25) is 0 Å². The van der Waals surface area contributed by atoms with E-state index < -0.39 is 0 Å². The Morgan fingerprint density at radius 2 is 2.00 bits per heavy atom. The lowest BCUT2D eigenvalue weighted by Gasteiger charge is -2.14. The minimum absolute atomic E-state index is 0.223. The van der Waals surface area contributed by atoms with E-state index >= 15 is 0 Å². The predicted molar refractivity (Wildman–Crippen MR) is 96.1 cm³/mol. The first-order chi connectivity index (χ1) is 11.7. The summed E-state index contributed by atoms with van der Waals surface area (Å²) in [5.74, 6) is 0.345. The highest BCUT2D eigenvalue weighted by Crippen LogP contribution is 2.27. The second kappa shape index (κ2) is 7.53. The first-order valence-corrected chi connectivity index (χ1v) is 8.40. The zero-order valence-electron chi connectivity index (χ0n) is 13.5. The van der Waals surface area contributed by atoms with Crippen molar-refractivity contribution in [2.24, 2.45) is 0 Å². The normalized spacial score (nSPS) is 14.4. The van der Waals surface area contributed by atoms with Crippen molar-refractivity contribution in [2.75, 3.05) is 17.7 Å². The highest BCUT2D eigenvalue weighted by molar-refractivity contribution is 6.32. The summed E-state index contributed by atoms with van der Waals surface area (Å²) in [4.78, 5) is 16.6. The zero-order valence-corrected chi connectivity index (χ0v) is 14.3. The smallest absolute Gasteiger partial charge is 0.257 e. The van der Waals surface area contributed by atoms with Gasteiger partial charge in [-0.25, -0.2) is 0 Å². The molecule has 1 fully saturated rings. The van der Waals surface area contributed by atoms with Crippen molar-refractivity contribution in [3.05, 3.63) is 47.2 Å². The van der Waals surface area contributed by atoms with Crippen LogP contribution in [0.15, 0.2) is 36.7 Å². The van der Waals surface area contributed by atoms with E-state index in [2.05, 4.69) is 15.6 Å². The molecule has 3 rings (SSSR count). The van der Waals surface area contributed by atoms with Gasteiger partial charge in [-0.1, -0.05) is 24.4 Å². The maximum absolute atomic E-state index is 12.4. The molecule has 1 aliphatic rings. The largest absolute Gasteiger partial charge is 0.495 e. The third-order valence-corrected chi connectivity index (χ3v) is 4.43. The predicted octanol–water partition coefficient (Wildman–Crippen LogP) is 4.35. The van der Waals surface area contributed by atoms with Crippen LogP contribution in [0.4, 0.5) is 11.4 Å². The molecule has 24 heavy (non-hydrogen) atoms. The maximum Gasteiger partial charge on any atom is 0.257 e. The molecular formula is C18H20ClN3O2. The molecule has 1 aromatic carbocycles. The molecule has 0 aliphatic heterocycles. The van der Waals surface area contributed by atoms with Crippen LogP contribution in [0, 0.1) is 0 Å². The Labute approximate surface area is 146 Å². The van der Waals surface area contributed by atoms with Gasteiger partial charge in [-0.3, -0.25) is 9.78 Å². The van der Waals surface area contributed by atoms with E-state index in [1.807, 2.05) is 6.07 Å². The number of hydrogen-bond donors (Lipinski definition) is 2. The van der Waals surface area contributed by atoms with Crippen LogP contribution >= 0.6 is 11.6 Å². The first kappa shape index (κ1) is 16.6. The van der Waals surface area contributed by atoms with Crippen LogP contribution in [0.1, 0.15) is 36.0 Å². The number of nitrogens with one attached hydrogen (secondary N) is 2. The number of halogens is 1. The van der Waals surface area contributed by atoms with Crippen molar-refractivity contribution in [3.8, 4) is 5.75 Å². The average molecular weight is 346 g/mol. The third-order valence-electron chi connectivity index (χ3n) is 4.14. The van der Waals surface area contributed by atoms with Crippen LogP contribution in [-0.2, 0) is 0 Å². The number of aromatic nitrogens is 1. The fraction of sp³-hybridized carbons (Fsp3) is 0.333. The van der Waals surface area contributed by atoms with Gasteiger partial charge in [0.25, 0.3) is 5.91 Å². The quantitative estimate of drug-likeness (QED) is 0.845. The minimum atomic E-state index is -0.223. The van der Waals surface area contributed by atoms with Gasteiger partial charge in [0, 0.05) is 24.1 Å². The van der Waals surface area contributed by atoms with Crippen LogP contribution in [0.25, 0.3) is 0 Å². The summed E-state index contributed by atoms with van der Waals surface area (Å²) < 4.78 is 5.11. The number of carbonyl (C=O) groups excluding carboxylic acids is 1. The molecule has 0 bridgehead atoms. The Bertz CT molecular complexity index is 730. The fourth-order valence-electron chi connectivity index (χ4n) is 2.90. The van der Waals surface area contributed by atoms with Crippen LogP contribution < -0.4 is 15.4 Å². The van der Waals surface area contributed by atoms with E-state index in [0.717, 1.165) is 5.69 Å². The number of amides is 1. The van der Waals surface area contributed by atoms with Gasteiger partial charge in [-0.05, 0) is 37.1 Å². The number of rotatable bonds is 5. The van der Waals surface area contributed by atoms with Gasteiger partial charge < -0.3 is 15.4 Å². The molecule has 0 atom stereocenters. The SMILES string of the molecule is COc1ccc(NC(=O)c2cncc(NC3CCCC3)c2)cc1Cl. The van der Waals surface area contributed by atoms with E-state index in [4.69, 9.17) is 16.3 Å². The van der Waals surface area contributed by atoms with Gasteiger partial charge in [0.1, 0.15) is 5.75 Å². The molecule has 2 N–H and O–H groups in total. The number of hydrogen-bond acceptors (Lipinski definition) is 4. The van der Waals surface area contributed by atoms with Crippen molar-refractivity contribution in [2.45, 2.75) is 31.7 Å². The fourth-order valence-corrected chi connectivity index (χ4v) is 3.15. The number of nitrogens with zero attached hydrogens (tertiary/aromatic N) is 1. The zero-order chi connectivity index (χ0) is 16.9. The van der Waals surface area contributed by atoms with Crippen molar-refractivity contribution in [1.82, 2.24) is 4.98 Å². The summed E-state index contributed by atoms with van der Waals surface area (Å²) in [6.07, 6.45) is 8.15. The highest BCUT2D eigenvalue weighted by Gasteiger charge is 2.15. The van der Waals surface area contributed by atoms with E-state index in [0.29, 0.717) is 28.1 Å². The van der Waals surface area contributed by atoms with Crippen molar-refractivity contribution in [1.29, 1.82) is 0 Å². The molecule has 6 heteroatoms. The lowest BCUT2D eigenvalue weighted by molar-refractivity contribution is 0.102. The van der Waals surface area contributed by atoms with Crippen molar-refractivity contribution < 1.29 is 9.53 Å². The van der Waals surface area contributed by atoms with Gasteiger partial charge in [0.15, 0.2) is 0 Å². The molecule has 1 saturated carbocycles. The lowest BCUT2D eigenvalue weighted by atomic mass is 10.2. The summed E-state index contributed by atoms with van der Waals surface area (Å²) in [7, 11) is 1.55. The molecule has 1 aliphatic carbocycles. The van der Waals surface area contributed by atoms with Crippen molar-refractivity contribution in [3.63, 3.8) is 0 Å². The van der Waals surface area contributed by atoms with Crippen LogP contribution in [0.5, 0.6) is 5.75 Å². The third kappa shape index (κ3) is 3.97. The minimum Gasteiger partial charge on any atom is -0.495 e. The van der Waals surface area contributed by atoms with E-state index in [1.54, 1.807) is 37.7 Å². The maximum atomic E-state index is 12.4. The monoisotopic (exact) mass is 345 g/mol. The molecule has 0 spiro atoms. The summed E-state index contributed by atoms with van der Waals surface area (Å²) in [6, 6.07) is 7.42. The Morgan fingerprint density at radius 3 is 2.71 bits per heavy atom. The molecule has 126 valence electrons. The number of methoxy groups -OCH3 is 1. The first-order valence-electron chi connectivity index (χ1n) is 8.02. The molecule has 1 aromatic heterocycles. The second-order valence-corrected chi connectivity index (χ2v) is 6.30. The summed E-state index contributed by atoms with van der Waals surface area (Å²) >= 11 is 6.08. The Hall–Kier alpha value is -2.27. The van der Waals surface area contributed by atoms with Gasteiger partial charge in [-0.2, -0.15) is 0 Å². The van der Waals surface area contributed by atoms with Gasteiger partial charge in [-0.15, -0.1) is 0 Å². The average Bonchev–Trinajstić information content (AvgIpc) is 3.08. The van der Waals surface area contributed by atoms with Gasteiger partial charge >= 0.3 is 0 Å². The number of pyridine rings is 1. The molecule has 0 saturated heterocycles. The van der Waals surface area contributed by atoms with E-state index in [1.165, 1.54) is 25.7 Å². The number of benzene rings is 1. The number of ether oxygens (including phenoxy) is 1. The van der Waals surface area contributed by atoms with E-state index in [9.17, 15) is 4.79 Å². The van der Waals surface area contributed by atoms with E-state index in [-0.39, 0.29) is 5.91 Å². The van der Waals surface area contributed by atoms with Crippen LogP contribution in [-0.4, -0.2) is 24.0 Å². The lowest BCUT2D eigenvalue weighted by Crippen LogP contribution is -2.16. The number of anilines is 2. The molecular weight excluding hydrogens is 326 g/mol. The second-order valence-electron chi connectivity index (χ2n) is 5.89. The Balaban J connectivity index is 1.69. The number of carbonyl (C=O) groups is 1. The topological polar surface area (TPSA) is 63.2 Å². The van der Waals surface area contributed by atoms with Crippen LogP contribution in [0.3, 0.4) is 0 Å². The van der Waals surface area contributed by atoms with Crippen molar-refractivity contribution >= 4 is 28.9 Å². The highest BCUT2D eigenvalue weighted by atomic mass is 35.5. The summed E-state index contributed by atoms with van der Waals surface area (Å²) in [5, 5.41) is 6.72. The molecule has 1 amide bonds. The Morgan fingerprint density at radius 1 is 1.21 bits per heavy atom. The molecule has 2 aromatic rings. The molecule has 0 radical (unpaired) electrons.